The monoisotopic (exact) mass is 334 g/mol. The highest BCUT2D eigenvalue weighted by molar-refractivity contribution is 6.32. The van der Waals surface area contributed by atoms with Crippen LogP contribution in [-0.2, 0) is 7.05 Å². The summed E-state index contributed by atoms with van der Waals surface area (Å²) < 4.78 is 7.78. The first kappa shape index (κ1) is 17.9. The zero-order valence-corrected chi connectivity index (χ0v) is 15.0. The van der Waals surface area contributed by atoms with E-state index < -0.39 is 0 Å². The van der Waals surface area contributed by atoms with Gasteiger partial charge in [0.2, 0.25) is 0 Å². The summed E-state index contributed by atoms with van der Waals surface area (Å²) in [5, 5.41) is 0.647. The number of nitrogens with zero attached hydrogens (tertiary/aromatic N) is 2. The molecule has 1 aromatic carbocycles. The molecule has 0 bridgehead atoms. The second-order valence-corrected chi connectivity index (χ2v) is 6.38. The average Bonchev–Trinajstić information content (AvgIpc) is 2.97. The Bertz CT molecular complexity index is 595. The molecule has 0 saturated heterocycles. The smallest absolute Gasteiger partial charge is 0.139 e. The zero-order chi connectivity index (χ0) is 16.5. The number of unbranched alkanes of at least 4 members (excludes halogenated alkanes) is 6. The topological polar surface area (TPSA) is 27.1 Å². The lowest BCUT2D eigenvalue weighted by Gasteiger charge is -2.10. The van der Waals surface area contributed by atoms with E-state index in [1.54, 1.807) is 6.20 Å². The SMILES string of the molecule is CCCCCCCCCOc1ccc(-c2nccn2C)cc1Cl. The molecule has 2 rings (SSSR count). The molecule has 0 aliphatic rings. The molecule has 0 spiro atoms. The molecule has 0 aliphatic heterocycles. The molecule has 0 N–H and O–H groups in total. The summed E-state index contributed by atoms with van der Waals surface area (Å²) in [7, 11) is 1.97. The van der Waals surface area contributed by atoms with Gasteiger partial charge in [0.15, 0.2) is 0 Å². The van der Waals surface area contributed by atoms with Crippen LogP contribution < -0.4 is 4.74 Å². The molecule has 1 heterocycles. The van der Waals surface area contributed by atoms with E-state index in [1.165, 1.54) is 38.5 Å². The van der Waals surface area contributed by atoms with Crippen molar-refractivity contribution in [3.63, 3.8) is 0 Å². The number of benzene rings is 1. The molecule has 0 amide bonds. The van der Waals surface area contributed by atoms with Crippen molar-refractivity contribution in [1.29, 1.82) is 0 Å². The summed E-state index contributed by atoms with van der Waals surface area (Å²) in [5.41, 5.74) is 1.01. The summed E-state index contributed by atoms with van der Waals surface area (Å²) in [6.07, 6.45) is 12.7. The summed E-state index contributed by atoms with van der Waals surface area (Å²) in [6.45, 7) is 2.98. The standard InChI is InChI=1S/C19H27ClN2O/c1-3-4-5-6-7-8-9-14-23-18-11-10-16(15-17(18)20)19-21-12-13-22(19)2/h10-13,15H,3-9,14H2,1-2H3. The number of imidazole rings is 1. The van der Waals surface area contributed by atoms with Crippen LogP contribution in [0.4, 0.5) is 0 Å². The number of ether oxygens (including phenoxy) is 1. The first-order chi connectivity index (χ1) is 11.2. The highest BCUT2D eigenvalue weighted by atomic mass is 35.5. The normalized spacial score (nSPS) is 10.9. The summed E-state index contributed by atoms with van der Waals surface area (Å²) >= 11 is 6.33. The number of rotatable bonds is 10. The minimum atomic E-state index is 0.647. The Labute approximate surface area is 144 Å². The zero-order valence-electron chi connectivity index (χ0n) is 14.2. The van der Waals surface area contributed by atoms with E-state index in [9.17, 15) is 0 Å². The Morgan fingerprint density at radius 1 is 1.09 bits per heavy atom. The lowest BCUT2D eigenvalue weighted by molar-refractivity contribution is 0.304. The third kappa shape index (κ3) is 5.58. The van der Waals surface area contributed by atoms with Crippen molar-refractivity contribution in [2.45, 2.75) is 51.9 Å². The van der Waals surface area contributed by atoms with Gasteiger partial charge >= 0.3 is 0 Å². The fourth-order valence-corrected chi connectivity index (χ4v) is 2.88. The van der Waals surface area contributed by atoms with Crippen molar-refractivity contribution >= 4 is 11.6 Å². The number of aryl methyl sites for hydroxylation is 1. The fourth-order valence-electron chi connectivity index (χ4n) is 2.64. The number of hydrogen-bond acceptors (Lipinski definition) is 2. The van der Waals surface area contributed by atoms with E-state index in [1.807, 2.05) is 36.0 Å². The molecule has 3 nitrogen and oxygen atoms in total. The molecule has 2 aromatic rings. The molecule has 4 heteroatoms. The molecule has 23 heavy (non-hydrogen) atoms. The van der Waals surface area contributed by atoms with Gasteiger partial charge in [-0.25, -0.2) is 4.98 Å². The molecule has 0 atom stereocenters. The molecule has 0 fully saturated rings. The van der Waals surface area contributed by atoms with Crippen LogP contribution in [0.15, 0.2) is 30.6 Å². The van der Waals surface area contributed by atoms with Gasteiger partial charge < -0.3 is 9.30 Å². The summed E-state index contributed by atoms with van der Waals surface area (Å²) in [4.78, 5) is 4.34. The maximum atomic E-state index is 6.33. The highest BCUT2D eigenvalue weighted by Gasteiger charge is 2.07. The van der Waals surface area contributed by atoms with Crippen molar-refractivity contribution in [1.82, 2.24) is 9.55 Å². The van der Waals surface area contributed by atoms with Gasteiger partial charge in [-0.05, 0) is 24.6 Å². The van der Waals surface area contributed by atoms with Crippen molar-refractivity contribution < 1.29 is 4.74 Å². The highest BCUT2D eigenvalue weighted by Crippen LogP contribution is 2.29. The second-order valence-electron chi connectivity index (χ2n) is 5.98. The van der Waals surface area contributed by atoms with Gasteiger partial charge in [0.25, 0.3) is 0 Å². The third-order valence-corrected chi connectivity index (χ3v) is 4.31. The van der Waals surface area contributed by atoms with Crippen LogP contribution in [0.1, 0.15) is 51.9 Å². The molecule has 126 valence electrons. The Kier molecular flexibility index (Phi) is 7.47. The van der Waals surface area contributed by atoms with Crippen molar-refractivity contribution in [3.05, 3.63) is 35.6 Å². The minimum absolute atomic E-state index is 0.647. The lowest BCUT2D eigenvalue weighted by Crippen LogP contribution is -1.98. The van der Waals surface area contributed by atoms with Gasteiger partial charge in [-0.3, -0.25) is 0 Å². The fraction of sp³-hybridized carbons (Fsp3) is 0.526. The van der Waals surface area contributed by atoms with Crippen LogP contribution in [-0.4, -0.2) is 16.2 Å². The molecular formula is C19H27ClN2O. The predicted octanol–water partition coefficient (Wildman–Crippen LogP) is 5.87. The summed E-state index contributed by atoms with van der Waals surface area (Å²) in [6, 6.07) is 5.87. The maximum Gasteiger partial charge on any atom is 0.139 e. The van der Waals surface area contributed by atoms with Gasteiger partial charge in [0, 0.05) is 25.0 Å². The molecule has 0 aliphatic carbocycles. The van der Waals surface area contributed by atoms with E-state index in [0.717, 1.165) is 30.2 Å². The number of aromatic nitrogens is 2. The summed E-state index contributed by atoms with van der Waals surface area (Å²) in [5.74, 6) is 1.67. The number of halogens is 1. The Morgan fingerprint density at radius 3 is 2.48 bits per heavy atom. The Morgan fingerprint density at radius 2 is 1.83 bits per heavy atom. The molecule has 0 radical (unpaired) electrons. The molecular weight excluding hydrogens is 308 g/mol. The van der Waals surface area contributed by atoms with Crippen molar-refractivity contribution in [3.8, 4) is 17.1 Å². The van der Waals surface area contributed by atoms with Crippen LogP contribution >= 0.6 is 11.6 Å². The Balaban J connectivity index is 1.75. The largest absolute Gasteiger partial charge is 0.492 e. The van der Waals surface area contributed by atoms with Gasteiger partial charge in [-0.1, -0.05) is 57.0 Å². The van der Waals surface area contributed by atoms with E-state index in [4.69, 9.17) is 16.3 Å². The van der Waals surface area contributed by atoms with Crippen LogP contribution in [0, 0.1) is 0 Å². The van der Waals surface area contributed by atoms with Crippen LogP contribution in [0.3, 0.4) is 0 Å². The van der Waals surface area contributed by atoms with Crippen molar-refractivity contribution in [2.75, 3.05) is 6.61 Å². The first-order valence-corrected chi connectivity index (χ1v) is 9.00. The number of hydrogen-bond donors (Lipinski definition) is 0. The van der Waals surface area contributed by atoms with Crippen LogP contribution in [0.25, 0.3) is 11.4 Å². The van der Waals surface area contributed by atoms with E-state index in [0.29, 0.717) is 5.02 Å². The molecule has 1 aromatic heterocycles. The van der Waals surface area contributed by atoms with E-state index in [2.05, 4.69) is 11.9 Å². The third-order valence-electron chi connectivity index (χ3n) is 4.02. The van der Waals surface area contributed by atoms with E-state index in [-0.39, 0.29) is 0 Å². The van der Waals surface area contributed by atoms with E-state index >= 15 is 0 Å². The van der Waals surface area contributed by atoms with Gasteiger partial charge in [0.05, 0.1) is 11.6 Å². The van der Waals surface area contributed by atoms with Crippen LogP contribution in [0.5, 0.6) is 5.75 Å². The second kappa shape index (κ2) is 9.61. The van der Waals surface area contributed by atoms with Crippen molar-refractivity contribution in [2.24, 2.45) is 7.05 Å². The Hall–Kier alpha value is -1.48. The maximum absolute atomic E-state index is 6.33. The van der Waals surface area contributed by atoms with Gasteiger partial charge in [0.1, 0.15) is 11.6 Å². The van der Waals surface area contributed by atoms with Gasteiger partial charge in [-0.15, -0.1) is 0 Å². The molecule has 0 unspecified atom stereocenters. The average molecular weight is 335 g/mol. The van der Waals surface area contributed by atoms with Crippen LogP contribution in [0.2, 0.25) is 5.02 Å². The quantitative estimate of drug-likeness (QED) is 0.508. The first-order valence-electron chi connectivity index (χ1n) is 8.62. The predicted molar refractivity (Wildman–Crippen MR) is 97.1 cm³/mol. The van der Waals surface area contributed by atoms with Gasteiger partial charge in [-0.2, -0.15) is 0 Å². The lowest BCUT2D eigenvalue weighted by atomic mass is 10.1. The molecule has 0 saturated carbocycles. The minimum Gasteiger partial charge on any atom is -0.492 e.